The zero-order chi connectivity index (χ0) is 13.1. The van der Waals surface area contributed by atoms with Gasteiger partial charge < -0.3 is 11.1 Å². The lowest BCUT2D eigenvalue weighted by Gasteiger charge is -2.27. The van der Waals surface area contributed by atoms with Crippen LogP contribution in [0.1, 0.15) is 31.2 Å². The van der Waals surface area contributed by atoms with Crippen LogP contribution in [0.15, 0.2) is 12.3 Å². The molecule has 0 bridgehead atoms. The van der Waals surface area contributed by atoms with Crippen molar-refractivity contribution in [2.45, 2.75) is 38.6 Å². The van der Waals surface area contributed by atoms with Crippen LogP contribution in [-0.4, -0.2) is 16.9 Å². The van der Waals surface area contributed by atoms with Gasteiger partial charge in [0.15, 0.2) is 5.15 Å². The second-order valence-electron chi connectivity index (χ2n) is 4.84. The molecule has 1 saturated carbocycles. The molecular formula is C13H18ClN3O. The molecule has 1 aromatic rings. The standard InChI is InChI=1S/C13H18ClN3O/c1-8-6-7-16-12(14)11(8)17-13(18)9-4-2-3-5-10(9)15/h6-7,9-10H,2-5,15H2,1H3,(H,17,18). The van der Waals surface area contributed by atoms with E-state index in [0.29, 0.717) is 10.8 Å². The molecule has 0 aromatic carbocycles. The van der Waals surface area contributed by atoms with Gasteiger partial charge in [-0.15, -0.1) is 0 Å². The quantitative estimate of drug-likeness (QED) is 0.809. The summed E-state index contributed by atoms with van der Waals surface area (Å²) in [6.45, 7) is 1.89. The average molecular weight is 268 g/mol. The molecule has 0 spiro atoms. The number of pyridine rings is 1. The van der Waals surface area contributed by atoms with Gasteiger partial charge in [-0.1, -0.05) is 24.4 Å². The molecule has 1 aliphatic rings. The molecule has 4 nitrogen and oxygen atoms in total. The summed E-state index contributed by atoms with van der Waals surface area (Å²) in [6, 6.07) is 1.77. The Bertz CT molecular complexity index is 430. The minimum atomic E-state index is -0.116. The molecule has 0 aliphatic heterocycles. The fourth-order valence-corrected chi connectivity index (χ4v) is 2.63. The lowest BCUT2D eigenvalue weighted by Crippen LogP contribution is -2.40. The van der Waals surface area contributed by atoms with E-state index in [0.717, 1.165) is 31.2 Å². The molecule has 0 radical (unpaired) electrons. The van der Waals surface area contributed by atoms with Gasteiger partial charge in [0.05, 0.1) is 11.6 Å². The summed E-state index contributed by atoms with van der Waals surface area (Å²) in [5.74, 6) is -0.158. The van der Waals surface area contributed by atoms with Gasteiger partial charge >= 0.3 is 0 Å². The summed E-state index contributed by atoms with van der Waals surface area (Å²) < 4.78 is 0. The summed E-state index contributed by atoms with van der Waals surface area (Å²) in [5, 5.41) is 3.19. The van der Waals surface area contributed by atoms with E-state index >= 15 is 0 Å². The number of aromatic nitrogens is 1. The highest BCUT2D eigenvalue weighted by molar-refractivity contribution is 6.32. The number of halogens is 1. The smallest absolute Gasteiger partial charge is 0.229 e. The van der Waals surface area contributed by atoms with E-state index in [4.69, 9.17) is 17.3 Å². The number of carbonyl (C=O) groups excluding carboxylic acids is 1. The van der Waals surface area contributed by atoms with Crippen LogP contribution in [0.4, 0.5) is 5.69 Å². The number of amides is 1. The summed E-state index contributed by atoms with van der Waals surface area (Å²) in [5.41, 5.74) is 7.51. The highest BCUT2D eigenvalue weighted by Crippen LogP contribution is 2.27. The summed E-state index contributed by atoms with van der Waals surface area (Å²) in [7, 11) is 0. The van der Waals surface area contributed by atoms with Gasteiger partial charge in [0.1, 0.15) is 0 Å². The van der Waals surface area contributed by atoms with Gasteiger partial charge in [-0.05, 0) is 31.4 Å². The van der Waals surface area contributed by atoms with E-state index in [1.165, 1.54) is 0 Å². The lowest BCUT2D eigenvalue weighted by molar-refractivity contribution is -0.121. The third-order valence-electron chi connectivity index (χ3n) is 3.52. The van der Waals surface area contributed by atoms with Gasteiger partial charge in [-0.2, -0.15) is 0 Å². The van der Waals surface area contributed by atoms with Crippen LogP contribution >= 0.6 is 11.6 Å². The van der Waals surface area contributed by atoms with E-state index in [-0.39, 0.29) is 17.9 Å². The minimum Gasteiger partial charge on any atom is -0.327 e. The second kappa shape index (κ2) is 5.67. The number of hydrogen-bond donors (Lipinski definition) is 2. The summed E-state index contributed by atoms with van der Waals surface area (Å²) >= 11 is 5.99. The lowest BCUT2D eigenvalue weighted by atomic mass is 9.84. The predicted octanol–water partition coefficient (Wildman–Crippen LogP) is 2.50. The van der Waals surface area contributed by atoms with E-state index in [1.807, 2.05) is 13.0 Å². The highest BCUT2D eigenvalue weighted by atomic mass is 35.5. The number of nitrogens with one attached hydrogen (secondary N) is 1. The van der Waals surface area contributed by atoms with Crippen LogP contribution in [0, 0.1) is 12.8 Å². The average Bonchev–Trinajstić information content (AvgIpc) is 2.34. The van der Waals surface area contributed by atoms with Gasteiger partial charge in [0.2, 0.25) is 5.91 Å². The minimum absolute atomic E-state index is 0.0415. The topological polar surface area (TPSA) is 68.0 Å². The van der Waals surface area contributed by atoms with E-state index < -0.39 is 0 Å². The molecule has 18 heavy (non-hydrogen) atoms. The van der Waals surface area contributed by atoms with Gasteiger partial charge in [-0.25, -0.2) is 4.98 Å². The summed E-state index contributed by atoms with van der Waals surface area (Å²) in [4.78, 5) is 16.2. The number of rotatable bonds is 2. The first-order chi connectivity index (χ1) is 8.59. The van der Waals surface area contributed by atoms with E-state index in [9.17, 15) is 4.79 Å². The van der Waals surface area contributed by atoms with Crippen molar-refractivity contribution in [3.8, 4) is 0 Å². The van der Waals surface area contributed by atoms with Gasteiger partial charge in [-0.3, -0.25) is 4.79 Å². The van der Waals surface area contributed by atoms with Crippen molar-refractivity contribution in [1.29, 1.82) is 0 Å². The predicted molar refractivity (Wildman–Crippen MR) is 72.5 cm³/mol. The maximum absolute atomic E-state index is 12.2. The van der Waals surface area contributed by atoms with Crippen molar-refractivity contribution in [2.75, 3.05) is 5.32 Å². The van der Waals surface area contributed by atoms with Crippen LogP contribution in [-0.2, 0) is 4.79 Å². The molecule has 3 N–H and O–H groups in total. The normalized spacial score (nSPS) is 23.7. The number of carbonyl (C=O) groups is 1. The third-order valence-corrected chi connectivity index (χ3v) is 3.80. The third kappa shape index (κ3) is 2.82. The Morgan fingerprint density at radius 1 is 1.50 bits per heavy atom. The van der Waals surface area contributed by atoms with Gasteiger partial charge in [0.25, 0.3) is 0 Å². The molecule has 2 atom stereocenters. The molecule has 2 unspecified atom stereocenters. The van der Waals surface area contributed by atoms with Crippen molar-refractivity contribution >= 4 is 23.2 Å². The highest BCUT2D eigenvalue weighted by Gasteiger charge is 2.28. The van der Waals surface area contributed by atoms with E-state index in [2.05, 4.69) is 10.3 Å². The fourth-order valence-electron chi connectivity index (χ4n) is 2.38. The van der Waals surface area contributed by atoms with Crippen molar-refractivity contribution in [2.24, 2.45) is 11.7 Å². The van der Waals surface area contributed by atoms with Gasteiger partial charge in [0, 0.05) is 12.2 Å². The van der Waals surface area contributed by atoms with Crippen molar-refractivity contribution in [3.63, 3.8) is 0 Å². The number of hydrogen-bond acceptors (Lipinski definition) is 3. The molecule has 5 heteroatoms. The Hall–Kier alpha value is -1.13. The first kappa shape index (κ1) is 13.3. The van der Waals surface area contributed by atoms with E-state index in [1.54, 1.807) is 6.20 Å². The molecule has 1 heterocycles. The van der Waals surface area contributed by atoms with Crippen molar-refractivity contribution < 1.29 is 4.79 Å². The fraction of sp³-hybridized carbons (Fsp3) is 0.538. The monoisotopic (exact) mass is 267 g/mol. The van der Waals surface area contributed by atoms with Crippen molar-refractivity contribution in [3.05, 3.63) is 23.0 Å². The number of aryl methyl sites for hydroxylation is 1. The number of nitrogens with two attached hydrogens (primary N) is 1. The molecule has 0 saturated heterocycles. The molecule has 1 amide bonds. The summed E-state index contributed by atoms with van der Waals surface area (Å²) in [6.07, 6.45) is 5.56. The maximum Gasteiger partial charge on any atom is 0.229 e. The second-order valence-corrected chi connectivity index (χ2v) is 5.20. The van der Waals surface area contributed by atoms with Crippen LogP contribution in [0.25, 0.3) is 0 Å². The number of nitrogens with zero attached hydrogens (tertiary/aromatic N) is 1. The molecular weight excluding hydrogens is 250 g/mol. The molecule has 1 aromatic heterocycles. The Morgan fingerprint density at radius 3 is 2.89 bits per heavy atom. The maximum atomic E-state index is 12.2. The zero-order valence-corrected chi connectivity index (χ0v) is 11.2. The van der Waals surface area contributed by atoms with Crippen LogP contribution < -0.4 is 11.1 Å². The van der Waals surface area contributed by atoms with Crippen LogP contribution in [0.2, 0.25) is 5.15 Å². The Balaban J connectivity index is 2.11. The Morgan fingerprint density at radius 2 is 2.22 bits per heavy atom. The molecule has 98 valence electrons. The molecule has 1 aliphatic carbocycles. The Labute approximate surface area is 112 Å². The molecule has 2 rings (SSSR count). The largest absolute Gasteiger partial charge is 0.327 e. The SMILES string of the molecule is Cc1ccnc(Cl)c1NC(=O)C1CCCCC1N. The Kier molecular flexibility index (Phi) is 4.19. The molecule has 1 fully saturated rings. The number of anilines is 1. The first-order valence-corrected chi connectivity index (χ1v) is 6.65. The van der Waals surface area contributed by atoms with Crippen LogP contribution in [0.5, 0.6) is 0 Å². The zero-order valence-electron chi connectivity index (χ0n) is 10.4. The first-order valence-electron chi connectivity index (χ1n) is 6.27. The van der Waals surface area contributed by atoms with Crippen molar-refractivity contribution in [1.82, 2.24) is 4.98 Å². The van der Waals surface area contributed by atoms with Crippen LogP contribution in [0.3, 0.4) is 0 Å².